The Bertz CT molecular complexity index is 400. The van der Waals surface area contributed by atoms with Gasteiger partial charge in [-0.05, 0) is 25.3 Å². The summed E-state index contributed by atoms with van der Waals surface area (Å²) in [5, 5.41) is 10.8. The summed E-state index contributed by atoms with van der Waals surface area (Å²) in [6.45, 7) is 1.87. The fraction of sp³-hybridized carbons (Fsp3) is 0.455. The number of nitrogens with zero attached hydrogens (tertiary/aromatic N) is 2. The van der Waals surface area contributed by atoms with Crippen molar-refractivity contribution in [1.29, 1.82) is 0 Å². The van der Waals surface area contributed by atoms with E-state index in [1.165, 1.54) is 12.5 Å². The third-order valence-corrected chi connectivity index (χ3v) is 2.95. The quantitative estimate of drug-likeness (QED) is 0.472. The van der Waals surface area contributed by atoms with Gasteiger partial charge in [-0.25, -0.2) is 0 Å². The van der Waals surface area contributed by atoms with Crippen LogP contribution in [0.1, 0.15) is 19.3 Å². The maximum absolute atomic E-state index is 10.8. The third kappa shape index (κ3) is 1.93. The highest BCUT2D eigenvalue weighted by Crippen LogP contribution is 2.33. The molecule has 1 fully saturated rings. The third-order valence-electron chi connectivity index (χ3n) is 2.95. The van der Waals surface area contributed by atoms with Crippen LogP contribution in [-0.4, -0.2) is 18.0 Å². The zero-order chi connectivity index (χ0) is 11.5. The van der Waals surface area contributed by atoms with E-state index in [0.717, 1.165) is 31.6 Å². The molecular formula is C11H15N3O2. The van der Waals surface area contributed by atoms with Crippen LogP contribution < -0.4 is 10.6 Å². The molecule has 2 rings (SSSR count). The van der Waals surface area contributed by atoms with Gasteiger partial charge in [0, 0.05) is 19.2 Å². The first-order valence-electron chi connectivity index (χ1n) is 5.48. The first-order valence-corrected chi connectivity index (χ1v) is 5.48. The molecule has 1 saturated heterocycles. The minimum Gasteiger partial charge on any atom is -0.391 e. The number of nitro groups is 1. The first kappa shape index (κ1) is 10.7. The molecule has 1 heterocycles. The van der Waals surface area contributed by atoms with E-state index in [4.69, 9.17) is 5.73 Å². The van der Waals surface area contributed by atoms with E-state index in [9.17, 15) is 10.1 Å². The molecule has 0 spiro atoms. The number of benzene rings is 1. The Labute approximate surface area is 94.0 Å². The van der Waals surface area contributed by atoms with E-state index in [0.29, 0.717) is 0 Å². The minimum atomic E-state index is -0.428. The largest absolute Gasteiger partial charge is 0.391 e. The molecular weight excluding hydrogens is 206 g/mol. The van der Waals surface area contributed by atoms with Crippen LogP contribution in [0.25, 0.3) is 0 Å². The van der Waals surface area contributed by atoms with Gasteiger partial charge in [0.15, 0.2) is 0 Å². The van der Waals surface area contributed by atoms with Gasteiger partial charge in [-0.3, -0.25) is 10.1 Å². The van der Waals surface area contributed by atoms with Crippen molar-refractivity contribution < 1.29 is 4.92 Å². The second kappa shape index (κ2) is 4.38. The SMILES string of the molecule is Nc1c(N2CCCCC2)cccc1[N+](=O)[O-]. The highest BCUT2D eigenvalue weighted by atomic mass is 16.6. The van der Waals surface area contributed by atoms with Gasteiger partial charge in [0.05, 0.1) is 10.6 Å². The van der Waals surface area contributed by atoms with E-state index in [1.54, 1.807) is 6.07 Å². The average Bonchev–Trinajstić information content (AvgIpc) is 2.30. The number of hydrogen-bond donors (Lipinski definition) is 1. The zero-order valence-corrected chi connectivity index (χ0v) is 9.06. The summed E-state index contributed by atoms with van der Waals surface area (Å²) in [6, 6.07) is 4.99. The van der Waals surface area contributed by atoms with Crippen molar-refractivity contribution in [2.75, 3.05) is 23.7 Å². The van der Waals surface area contributed by atoms with Crippen LogP contribution in [0.2, 0.25) is 0 Å². The second-order valence-corrected chi connectivity index (χ2v) is 4.01. The topological polar surface area (TPSA) is 72.4 Å². The number of piperidine rings is 1. The maximum Gasteiger partial charge on any atom is 0.294 e. The molecule has 2 N–H and O–H groups in total. The van der Waals surface area contributed by atoms with E-state index < -0.39 is 4.92 Å². The summed E-state index contributed by atoms with van der Waals surface area (Å²) >= 11 is 0. The lowest BCUT2D eigenvalue weighted by atomic mass is 10.1. The van der Waals surface area contributed by atoms with Gasteiger partial charge < -0.3 is 10.6 Å². The summed E-state index contributed by atoms with van der Waals surface area (Å²) in [7, 11) is 0. The summed E-state index contributed by atoms with van der Waals surface area (Å²) < 4.78 is 0. The molecule has 1 aromatic carbocycles. The van der Waals surface area contributed by atoms with Gasteiger partial charge in [0.25, 0.3) is 5.69 Å². The molecule has 16 heavy (non-hydrogen) atoms. The molecule has 5 heteroatoms. The van der Waals surface area contributed by atoms with E-state index in [2.05, 4.69) is 4.90 Å². The van der Waals surface area contributed by atoms with Crippen LogP contribution in [0, 0.1) is 10.1 Å². The molecule has 0 aliphatic carbocycles. The molecule has 0 atom stereocenters. The van der Waals surface area contributed by atoms with Crippen LogP contribution in [0.15, 0.2) is 18.2 Å². The van der Waals surface area contributed by atoms with E-state index in [1.807, 2.05) is 6.07 Å². The zero-order valence-electron chi connectivity index (χ0n) is 9.06. The number of nitro benzene ring substituents is 1. The summed E-state index contributed by atoms with van der Waals surface area (Å²) in [6.07, 6.45) is 3.48. The molecule has 0 saturated carbocycles. The van der Waals surface area contributed by atoms with Crippen LogP contribution in [-0.2, 0) is 0 Å². The van der Waals surface area contributed by atoms with Crippen molar-refractivity contribution in [3.8, 4) is 0 Å². The number of hydrogen-bond acceptors (Lipinski definition) is 4. The van der Waals surface area contributed by atoms with E-state index in [-0.39, 0.29) is 11.4 Å². The number of nitrogen functional groups attached to an aromatic ring is 1. The molecule has 0 unspecified atom stereocenters. The fourth-order valence-electron chi connectivity index (χ4n) is 2.11. The van der Waals surface area contributed by atoms with Gasteiger partial charge in [-0.1, -0.05) is 6.07 Å². The van der Waals surface area contributed by atoms with Crippen molar-refractivity contribution >= 4 is 17.1 Å². The van der Waals surface area contributed by atoms with E-state index >= 15 is 0 Å². The highest BCUT2D eigenvalue weighted by molar-refractivity contribution is 5.76. The van der Waals surface area contributed by atoms with Crippen LogP contribution in [0.5, 0.6) is 0 Å². The molecule has 0 aromatic heterocycles. The van der Waals surface area contributed by atoms with Gasteiger partial charge in [0.2, 0.25) is 0 Å². The molecule has 0 radical (unpaired) electrons. The number of nitrogens with two attached hydrogens (primary N) is 1. The lowest BCUT2D eigenvalue weighted by molar-refractivity contribution is -0.383. The lowest BCUT2D eigenvalue weighted by Crippen LogP contribution is -2.30. The van der Waals surface area contributed by atoms with Crippen LogP contribution in [0.3, 0.4) is 0 Å². The molecule has 5 nitrogen and oxygen atoms in total. The van der Waals surface area contributed by atoms with Gasteiger partial charge in [-0.15, -0.1) is 0 Å². The van der Waals surface area contributed by atoms with Crippen LogP contribution in [0.4, 0.5) is 17.1 Å². The summed E-state index contributed by atoms with van der Waals surface area (Å²) in [4.78, 5) is 12.5. The Morgan fingerprint density at radius 1 is 1.25 bits per heavy atom. The molecule has 1 aliphatic heterocycles. The second-order valence-electron chi connectivity index (χ2n) is 4.01. The van der Waals surface area contributed by atoms with Gasteiger partial charge in [0.1, 0.15) is 5.69 Å². The molecule has 1 aliphatic rings. The number of anilines is 2. The summed E-state index contributed by atoms with van der Waals surface area (Å²) in [5.74, 6) is 0. The normalized spacial score (nSPS) is 16.1. The fourth-order valence-corrected chi connectivity index (χ4v) is 2.11. The molecule has 0 bridgehead atoms. The molecule has 86 valence electrons. The van der Waals surface area contributed by atoms with Crippen molar-refractivity contribution in [1.82, 2.24) is 0 Å². The van der Waals surface area contributed by atoms with Gasteiger partial charge >= 0.3 is 0 Å². The van der Waals surface area contributed by atoms with Crippen LogP contribution >= 0.6 is 0 Å². The van der Waals surface area contributed by atoms with Crippen molar-refractivity contribution in [3.63, 3.8) is 0 Å². The Hall–Kier alpha value is -1.78. The Kier molecular flexibility index (Phi) is 2.94. The summed E-state index contributed by atoms with van der Waals surface area (Å²) in [5.41, 5.74) is 6.92. The van der Waals surface area contributed by atoms with Crippen molar-refractivity contribution in [2.24, 2.45) is 0 Å². The highest BCUT2D eigenvalue weighted by Gasteiger charge is 2.19. The van der Waals surface area contributed by atoms with Gasteiger partial charge in [-0.2, -0.15) is 0 Å². The maximum atomic E-state index is 10.8. The average molecular weight is 221 g/mol. The van der Waals surface area contributed by atoms with Crippen molar-refractivity contribution in [2.45, 2.75) is 19.3 Å². The molecule has 1 aromatic rings. The standard InChI is InChI=1S/C11H15N3O2/c12-11-9(13-7-2-1-3-8-13)5-4-6-10(11)14(15)16/h4-6H,1-3,7-8,12H2. The Balaban J connectivity index is 2.33. The van der Waals surface area contributed by atoms with Crippen molar-refractivity contribution in [3.05, 3.63) is 28.3 Å². The Morgan fingerprint density at radius 2 is 1.94 bits per heavy atom. The predicted molar refractivity (Wildman–Crippen MR) is 63.6 cm³/mol. The minimum absolute atomic E-state index is 0.00285. The lowest BCUT2D eigenvalue weighted by Gasteiger charge is -2.29. The predicted octanol–water partition coefficient (Wildman–Crippen LogP) is 2.17. The Morgan fingerprint density at radius 3 is 2.56 bits per heavy atom. The number of rotatable bonds is 2. The smallest absolute Gasteiger partial charge is 0.294 e. The molecule has 0 amide bonds. The monoisotopic (exact) mass is 221 g/mol. The number of para-hydroxylation sites is 1. The first-order chi connectivity index (χ1) is 7.70.